The third kappa shape index (κ3) is 7.58. The van der Waals surface area contributed by atoms with Crippen molar-refractivity contribution < 1.29 is 9.53 Å². The molecular weight excluding hydrogens is 346 g/mol. The van der Waals surface area contributed by atoms with Gasteiger partial charge in [0.15, 0.2) is 0 Å². The zero-order valence-electron chi connectivity index (χ0n) is 18.2. The number of ether oxygens (including phenoxy) is 1. The molecule has 156 valence electrons. The lowest BCUT2D eigenvalue weighted by atomic mass is 9.72. The predicted octanol–water partition coefficient (Wildman–Crippen LogP) is 6.51. The van der Waals surface area contributed by atoms with Crippen molar-refractivity contribution in [2.45, 2.75) is 89.9 Å². The van der Waals surface area contributed by atoms with Gasteiger partial charge in [0.1, 0.15) is 12.0 Å². The smallest absolute Gasteiger partial charge is 0.121 e. The van der Waals surface area contributed by atoms with E-state index in [4.69, 9.17) is 11.2 Å². The first-order valence-electron chi connectivity index (χ1n) is 11.0. The summed E-state index contributed by atoms with van der Waals surface area (Å²) in [5.41, 5.74) is 1.89. The summed E-state index contributed by atoms with van der Waals surface area (Å²) in [7, 11) is 1.69. The topological polar surface area (TPSA) is 38.3 Å². The molecule has 28 heavy (non-hydrogen) atoms. The number of rotatable bonds is 16. The molecule has 0 amide bonds. The van der Waals surface area contributed by atoms with E-state index in [2.05, 4.69) is 31.2 Å². The van der Waals surface area contributed by atoms with Crippen LogP contribution < -0.4 is 10.1 Å². The van der Waals surface area contributed by atoms with Crippen LogP contribution in [-0.4, -0.2) is 19.9 Å². The molecule has 3 heteroatoms. The lowest BCUT2D eigenvalue weighted by Gasteiger charge is -2.32. The third-order valence-electron chi connectivity index (χ3n) is 5.51. The highest BCUT2D eigenvalue weighted by Crippen LogP contribution is 2.41. The Morgan fingerprint density at radius 2 is 1.71 bits per heavy atom. The predicted molar refractivity (Wildman–Crippen MR) is 120 cm³/mol. The van der Waals surface area contributed by atoms with Gasteiger partial charge in [-0.2, -0.15) is 0 Å². The Hall–Kier alpha value is -1.95. The molecule has 0 aliphatic rings. The van der Waals surface area contributed by atoms with E-state index in [1.165, 1.54) is 38.5 Å². The zero-order valence-corrected chi connectivity index (χ0v) is 18.2. The Morgan fingerprint density at radius 3 is 2.21 bits per heavy atom. The minimum absolute atomic E-state index is 0.292. The summed E-state index contributed by atoms with van der Waals surface area (Å²) in [4.78, 5) is 10.7. The van der Waals surface area contributed by atoms with Crippen molar-refractivity contribution in [1.82, 2.24) is 0 Å². The molecule has 0 atom stereocenters. The number of aldehydes is 1. The van der Waals surface area contributed by atoms with Crippen molar-refractivity contribution in [3.8, 4) is 18.1 Å². The summed E-state index contributed by atoms with van der Waals surface area (Å²) >= 11 is 0. The molecular formula is C25H39NO2. The quantitative estimate of drug-likeness (QED) is 0.200. The number of hydrogen-bond acceptors (Lipinski definition) is 3. The monoisotopic (exact) mass is 385 g/mol. The van der Waals surface area contributed by atoms with E-state index in [0.717, 1.165) is 49.0 Å². The maximum absolute atomic E-state index is 10.7. The van der Waals surface area contributed by atoms with E-state index in [0.29, 0.717) is 13.0 Å². The van der Waals surface area contributed by atoms with Crippen molar-refractivity contribution >= 4 is 12.0 Å². The Kier molecular flexibility index (Phi) is 12.1. The fraction of sp³-hybridized carbons (Fsp3) is 0.640. The first-order valence-corrected chi connectivity index (χ1v) is 11.0. The van der Waals surface area contributed by atoms with Crippen LogP contribution in [0.1, 0.15) is 90.0 Å². The van der Waals surface area contributed by atoms with Crippen LogP contribution in [0.5, 0.6) is 5.75 Å². The Balaban J connectivity index is 3.19. The number of anilines is 1. The van der Waals surface area contributed by atoms with Crippen LogP contribution >= 0.6 is 0 Å². The number of terminal acetylenes is 1. The van der Waals surface area contributed by atoms with Gasteiger partial charge in [-0.05, 0) is 36.6 Å². The largest absolute Gasteiger partial charge is 0.497 e. The Bertz CT molecular complexity index is 591. The van der Waals surface area contributed by atoms with Gasteiger partial charge in [-0.15, -0.1) is 6.42 Å². The third-order valence-corrected chi connectivity index (χ3v) is 5.51. The highest BCUT2D eigenvalue weighted by atomic mass is 16.5. The van der Waals surface area contributed by atoms with Gasteiger partial charge in [0, 0.05) is 18.7 Å². The number of carbonyl (C=O) groups is 1. The number of methoxy groups -OCH3 is 1. The molecule has 0 aliphatic heterocycles. The number of nitrogens with one attached hydrogen (secondary N) is 1. The molecule has 0 spiro atoms. The molecule has 0 heterocycles. The van der Waals surface area contributed by atoms with E-state index in [1.54, 1.807) is 7.11 Å². The van der Waals surface area contributed by atoms with Crippen molar-refractivity contribution in [2.75, 3.05) is 19.0 Å². The second-order valence-electron chi connectivity index (χ2n) is 7.64. The average Bonchev–Trinajstić information content (AvgIpc) is 2.73. The zero-order chi connectivity index (χ0) is 20.7. The van der Waals surface area contributed by atoms with Gasteiger partial charge >= 0.3 is 0 Å². The minimum Gasteiger partial charge on any atom is -0.497 e. The van der Waals surface area contributed by atoms with Gasteiger partial charge in [-0.25, -0.2) is 0 Å². The van der Waals surface area contributed by atoms with Crippen molar-refractivity contribution in [1.29, 1.82) is 0 Å². The maximum atomic E-state index is 10.7. The first-order chi connectivity index (χ1) is 13.7. The highest BCUT2D eigenvalue weighted by molar-refractivity contribution is 5.61. The molecule has 1 aromatic carbocycles. The second-order valence-corrected chi connectivity index (χ2v) is 7.64. The van der Waals surface area contributed by atoms with Crippen LogP contribution in [0.4, 0.5) is 5.69 Å². The van der Waals surface area contributed by atoms with Crippen LogP contribution in [0.2, 0.25) is 0 Å². The van der Waals surface area contributed by atoms with Crippen LogP contribution in [0.25, 0.3) is 0 Å². The maximum Gasteiger partial charge on any atom is 0.121 e. The molecule has 1 rings (SSSR count). The number of carbonyl (C=O) groups excluding carboxylic acids is 1. The standard InChI is InChI=1S/C25H39NO2/c1-5-8-10-12-17-25(7-3,18-13-11-9-6-2)23-21-22(28-4)15-16-24(23)26-19-14-20-27/h3,15-16,20-21,26H,5-6,8-14,17-19H2,1-2,4H3. The molecule has 0 saturated heterocycles. The molecule has 0 aliphatic carbocycles. The number of hydrogen-bond donors (Lipinski definition) is 1. The highest BCUT2D eigenvalue weighted by Gasteiger charge is 2.32. The number of benzene rings is 1. The van der Waals surface area contributed by atoms with Crippen molar-refractivity contribution in [3.05, 3.63) is 23.8 Å². The van der Waals surface area contributed by atoms with Gasteiger partial charge in [0.25, 0.3) is 0 Å². The molecule has 0 bridgehead atoms. The lowest BCUT2D eigenvalue weighted by molar-refractivity contribution is -0.107. The van der Waals surface area contributed by atoms with E-state index in [9.17, 15) is 4.79 Å². The molecule has 0 unspecified atom stereocenters. The van der Waals surface area contributed by atoms with Crippen LogP contribution in [0.3, 0.4) is 0 Å². The van der Waals surface area contributed by atoms with Gasteiger partial charge in [0.05, 0.1) is 12.5 Å². The van der Waals surface area contributed by atoms with E-state index in [1.807, 2.05) is 12.1 Å². The minimum atomic E-state index is -0.292. The van der Waals surface area contributed by atoms with Crippen LogP contribution in [0.15, 0.2) is 18.2 Å². The normalized spacial score (nSPS) is 11.1. The summed E-state index contributed by atoms with van der Waals surface area (Å²) < 4.78 is 5.51. The van der Waals surface area contributed by atoms with Crippen LogP contribution in [0, 0.1) is 12.3 Å². The average molecular weight is 386 g/mol. The Labute approximate surface area is 172 Å². The molecule has 0 aromatic heterocycles. The lowest BCUT2D eigenvalue weighted by Crippen LogP contribution is -2.26. The van der Waals surface area contributed by atoms with Crippen LogP contribution in [-0.2, 0) is 10.2 Å². The summed E-state index contributed by atoms with van der Waals surface area (Å²) in [5.74, 6) is 4.03. The van der Waals surface area contributed by atoms with Gasteiger partial charge in [-0.1, -0.05) is 71.1 Å². The van der Waals surface area contributed by atoms with Gasteiger partial charge in [-0.3, -0.25) is 0 Å². The van der Waals surface area contributed by atoms with Gasteiger partial charge in [0.2, 0.25) is 0 Å². The molecule has 0 radical (unpaired) electrons. The van der Waals surface area contributed by atoms with E-state index < -0.39 is 0 Å². The fourth-order valence-electron chi connectivity index (χ4n) is 3.79. The Morgan fingerprint density at radius 1 is 1.07 bits per heavy atom. The van der Waals surface area contributed by atoms with E-state index in [-0.39, 0.29) is 5.41 Å². The second kappa shape index (κ2) is 14.1. The van der Waals surface area contributed by atoms with Crippen molar-refractivity contribution in [2.24, 2.45) is 0 Å². The summed E-state index contributed by atoms with van der Waals surface area (Å²) in [6, 6.07) is 6.11. The van der Waals surface area contributed by atoms with Gasteiger partial charge < -0.3 is 14.8 Å². The van der Waals surface area contributed by atoms with E-state index >= 15 is 0 Å². The molecule has 0 saturated carbocycles. The summed E-state index contributed by atoms with van der Waals surface area (Å²) in [6.07, 6.45) is 19.3. The summed E-state index contributed by atoms with van der Waals surface area (Å²) in [5, 5.41) is 3.43. The molecule has 1 aromatic rings. The SMILES string of the molecule is C#CC(CCCCCC)(CCCCCC)c1cc(OC)ccc1NCCC=O. The molecule has 3 nitrogen and oxygen atoms in total. The fourth-order valence-corrected chi connectivity index (χ4v) is 3.79. The molecule has 1 N–H and O–H groups in total. The summed E-state index contributed by atoms with van der Waals surface area (Å²) in [6.45, 7) is 5.09. The molecule has 0 fully saturated rings. The first kappa shape index (κ1) is 24.1. The number of unbranched alkanes of at least 4 members (excludes halogenated alkanes) is 6. The van der Waals surface area contributed by atoms with Crippen molar-refractivity contribution in [3.63, 3.8) is 0 Å².